The second-order valence-electron chi connectivity index (χ2n) is 6.66. The Kier molecular flexibility index (Phi) is 4.39. The van der Waals surface area contributed by atoms with Gasteiger partial charge in [0.1, 0.15) is 5.75 Å². The van der Waals surface area contributed by atoms with Crippen LogP contribution in [-0.2, 0) is 0 Å². The summed E-state index contributed by atoms with van der Waals surface area (Å²) in [5, 5.41) is 4.35. The summed E-state index contributed by atoms with van der Waals surface area (Å²) in [6.45, 7) is 6.63. The molecule has 8 nitrogen and oxygen atoms in total. The Labute approximate surface area is 157 Å². The van der Waals surface area contributed by atoms with Crippen LogP contribution < -0.4 is 9.64 Å². The van der Waals surface area contributed by atoms with Crippen LogP contribution in [0.15, 0.2) is 30.3 Å². The Bertz CT molecular complexity index is 974. The highest BCUT2D eigenvalue weighted by Crippen LogP contribution is 2.21. The maximum absolute atomic E-state index is 12.8. The lowest BCUT2D eigenvalue weighted by Gasteiger charge is -2.35. The third-order valence-electron chi connectivity index (χ3n) is 4.81. The number of anilines is 1. The second-order valence-corrected chi connectivity index (χ2v) is 6.66. The number of piperazine rings is 1. The molecule has 3 heterocycles. The van der Waals surface area contributed by atoms with Crippen LogP contribution in [0.3, 0.4) is 0 Å². The Balaban J connectivity index is 1.46. The van der Waals surface area contributed by atoms with Crippen LogP contribution in [0.1, 0.15) is 22.0 Å². The Morgan fingerprint density at radius 2 is 1.74 bits per heavy atom. The average molecular weight is 366 g/mol. The van der Waals surface area contributed by atoms with Crippen LogP contribution in [-0.4, -0.2) is 63.7 Å². The van der Waals surface area contributed by atoms with Crippen molar-refractivity contribution in [1.29, 1.82) is 0 Å². The lowest BCUT2D eigenvalue weighted by molar-refractivity contribution is 0.0734. The number of aryl methyl sites for hydroxylation is 2. The Morgan fingerprint density at radius 3 is 2.41 bits per heavy atom. The van der Waals surface area contributed by atoms with Crippen molar-refractivity contribution in [2.24, 2.45) is 0 Å². The molecule has 2 aromatic heterocycles. The van der Waals surface area contributed by atoms with E-state index in [1.807, 2.05) is 44.2 Å². The molecule has 1 fully saturated rings. The lowest BCUT2D eigenvalue weighted by Crippen LogP contribution is -2.49. The molecule has 0 N–H and O–H groups in total. The van der Waals surface area contributed by atoms with Crippen molar-refractivity contribution in [3.05, 3.63) is 47.5 Å². The van der Waals surface area contributed by atoms with E-state index in [1.165, 1.54) is 0 Å². The van der Waals surface area contributed by atoms with Crippen LogP contribution in [0.4, 0.5) is 5.69 Å². The van der Waals surface area contributed by atoms with Gasteiger partial charge in [-0.05, 0) is 44.2 Å². The molecule has 0 radical (unpaired) electrons. The van der Waals surface area contributed by atoms with Crippen LogP contribution in [0, 0.1) is 13.8 Å². The summed E-state index contributed by atoms with van der Waals surface area (Å²) < 4.78 is 6.82. The molecule has 140 valence electrons. The molecule has 0 unspecified atom stereocenters. The van der Waals surface area contributed by atoms with E-state index in [-0.39, 0.29) is 11.7 Å². The number of benzene rings is 1. The van der Waals surface area contributed by atoms with Gasteiger partial charge in [0.25, 0.3) is 11.7 Å². The van der Waals surface area contributed by atoms with E-state index >= 15 is 0 Å². The minimum absolute atomic E-state index is 0.146. The maximum atomic E-state index is 12.8. The van der Waals surface area contributed by atoms with E-state index in [0.717, 1.165) is 35.9 Å². The Morgan fingerprint density at radius 1 is 1.04 bits per heavy atom. The van der Waals surface area contributed by atoms with Crippen LogP contribution in [0.2, 0.25) is 0 Å². The Hall–Kier alpha value is -3.16. The molecular formula is C19H22N6O2. The van der Waals surface area contributed by atoms with Gasteiger partial charge in [0.15, 0.2) is 0 Å². The minimum Gasteiger partial charge on any atom is -0.497 e. The summed E-state index contributed by atoms with van der Waals surface area (Å²) >= 11 is 0. The monoisotopic (exact) mass is 366 g/mol. The smallest absolute Gasteiger partial charge is 0.293 e. The molecule has 1 saturated heterocycles. The molecule has 4 rings (SSSR count). The first kappa shape index (κ1) is 17.3. The summed E-state index contributed by atoms with van der Waals surface area (Å²) in [5.41, 5.74) is 2.90. The molecule has 1 aliphatic rings. The number of carbonyl (C=O) groups is 1. The first-order valence-corrected chi connectivity index (χ1v) is 8.94. The number of carbonyl (C=O) groups excluding carboxylic acids is 1. The van der Waals surface area contributed by atoms with Crippen LogP contribution in [0.25, 0.3) is 5.78 Å². The molecule has 8 heteroatoms. The summed E-state index contributed by atoms with van der Waals surface area (Å²) in [5.74, 6) is 1.36. The number of hydrogen-bond acceptors (Lipinski definition) is 6. The van der Waals surface area contributed by atoms with Crippen molar-refractivity contribution in [1.82, 2.24) is 24.5 Å². The highest BCUT2D eigenvalue weighted by molar-refractivity contribution is 5.91. The first-order valence-electron chi connectivity index (χ1n) is 8.94. The topological polar surface area (TPSA) is 75.9 Å². The molecule has 1 aromatic carbocycles. The van der Waals surface area contributed by atoms with E-state index in [1.54, 1.807) is 16.5 Å². The van der Waals surface area contributed by atoms with E-state index < -0.39 is 0 Å². The van der Waals surface area contributed by atoms with E-state index in [0.29, 0.717) is 18.9 Å². The fourth-order valence-electron chi connectivity index (χ4n) is 3.36. The molecule has 1 amide bonds. The van der Waals surface area contributed by atoms with Crippen molar-refractivity contribution in [2.75, 3.05) is 38.2 Å². The van der Waals surface area contributed by atoms with Crippen molar-refractivity contribution in [2.45, 2.75) is 13.8 Å². The summed E-state index contributed by atoms with van der Waals surface area (Å²) in [6, 6.07) is 9.90. The highest BCUT2D eigenvalue weighted by Gasteiger charge is 2.25. The maximum Gasteiger partial charge on any atom is 0.293 e. The van der Waals surface area contributed by atoms with Crippen molar-refractivity contribution in [3.63, 3.8) is 0 Å². The SMILES string of the molecule is COc1ccc(N2CCN(C(=O)c3nc4nc(C)cc(C)n4n3)CC2)cc1. The summed E-state index contributed by atoms with van der Waals surface area (Å²) in [4.78, 5) is 25.6. The number of nitrogens with zero attached hydrogens (tertiary/aromatic N) is 6. The number of methoxy groups -OCH3 is 1. The largest absolute Gasteiger partial charge is 0.497 e. The van der Waals surface area contributed by atoms with Gasteiger partial charge in [-0.15, -0.1) is 5.10 Å². The number of ether oxygens (including phenoxy) is 1. The molecular weight excluding hydrogens is 344 g/mol. The fraction of sp³-hybridized carbons (Fsp3) is 0.368. The molecule has 0 atom stereocenters. The predicted molar refractivity (Wildman–Crippen MR) is 101 cm³/mol. The zero-order chi connectivity index (χ0) is 19.0. The van der Waals surface area contributed by atoms with Gasteiger partial charge in [0, 0.05) is 43.3 Å². The number of aromatic nitrogens is 4. The van der Waals surface area contributed by atoms with Gasteiger partial charge >= 0.3 is 0 Å². The lowest BCUT2D eigenvalue weighted by atomic mass is 10.2. The van der Waals surface area contributed by atoms with E-state index in [4.69, 9.17) is 4.74 Å². The second kappa shape index (κ2) is 6.86. The zero-order valence-corrected chi connectivity index (χ0v) is 15.7. The fourth-order valence-corrected chi connectivity index (χ4v) is 3.36. The third kappa shape index (κ3) is 3.30. The highest BCUT2D eigenvalue weighted by atomic mass is 16.5. The molecule has 0 saturated carbocycles. The number of amides is 1. The van der Waals surface area contributed by atoms with Gasteiger partial charge in [0.05, 0.1) is 7.11 Å². The molecule has 0 bridgehead atoms. The van der Waals surface area contributed by atoms with Crippen molar-refractivity contribution >= 4 is 17.4 Å². The molecule has 3 aromatic rings. The van der Waals surface area contributed by atoms with Gasteiger partial charge in [-0.3, -0.25) is 4.79 Å². The predicted octanol–water partition coefficient (Wildman–Crippen LogP) is 1.71. The van der Waals surface area contributed by atoms with Gasteiger partial charge in [-0.1, -0.05) is 0 Å². The molecule has 1 aliphatic heterocycles. The first-order chi connectivity index (χ1) is 13.0. The van der Waals surface area contributed by atoms with Gasteiger partial charge in [-0.25, -0.2) is 9.50 Å². The normalized spacial score (nSPS) is 14.6. The van der Waals surface area contributed by atoms with Crippen molar-refractivity contribution < 1.29 is 9.53 Å². The minimum atomic E-state index is -0.146. The standard InChI is InChI=1S/C19H22N6O2/c1-13-12-14(2)25-19(20-13)21-17(22-25)18(26)24-10-8-23(9-11-24)15-4-6-16(27-3)7-5-15/h4-7,12H,8-11H2,1-3H3. The van der Waals surface area contributed by atoms with E-state index in [2.05, 4.69) is 20.0 Å². The van der Waals surface area contributed by atoms with E-state index in [9.17, 15) is 4.79 Å². The van der Waals surface area contributed by atoms with Gasteiger partial charge in [-0.2, -0.15) is 4.98 Å². The van der Waals surface area contributed by atoms with Crippen LogP contribution in [0.5, 0.6) is 5.75 Å². The molecule has 27 heavy (non-hydrogen) atoms. The number of hydrogen-bond donors (Lipinski definition) is 0. The molecule has 0 aliphatic carbocycles. The van der Waals surface area contributed by atoms with Gasteiger partial charge in [0.2, 0.25) is 5.82 Å². The molecule has 0 spiro atoms. The quantitative estimate of drug-likeness (QED) is 0.702. The zero-order valence-electron chi connectivity index (χ0n) is 15.7. The average Bonchev–Trinajstić information content (AvgIpc) is 3.12. The summed E-state index contributed by atoms with van der Waals surface area (Å²) in [7, 11) is 1.66. The van der Waals surface area contributed by atoms with Crippen LogP contribution >= 0.6 is 0 Å². The summed E-state index contributed by atoms with van der Waals surface area (Å²) in [6.07, 6.45) is 0. The number of rotatable bonds is 3. The number of fused-ring (bicyclic) bond motifs is 1. The van der Waals surface area contributed by atoms with Crippen molar-refractivity contribution in [3.8, 4) is 5.75 Å². The third-order valence-corrected chi connectivity index (χ3v) is 4.81. The van der Waals surface area contributed by atoms with Gasteiger partial charge < -0.3 is 14.5 Å².